The van der Waals surface area contributed by atoms with Gasteiger partial charge in [-0.1, -0.05) is 6.07 Å². The summed E-state index contributed by atoms with van der Waals surface area (Å²) in [5.41, 5.74) is -0.284. The van der Waals surface area contributed by atoms with Gasteiger partial charge in [0.25, 0.3) is 5.91 Å². The highest BCUT2D eigenvalue weighted by atomic mass is 16.5. The third-order valence-electron chi connectivity index (χ3n) is 3.93. The van der Waals surface area contributed by atoms with Crippen LogP contribution in [-0.2, 0) is 4.79 Å². The first-order valence-corrected chi connectivity index (χ1v) is 6.77. The molecule has 0 spiro atoms. The molecule has 21 heavy (non-hydrogen) atoms. The molecule has 0 unspecified atom stereocenters. The van der Waals surface area contributed by atoms with Crippen molar-refractivity contribution < 1.29 is 24.5 Å². The number of hydrogen-bond donors (Lipinski definition) is 2. The average molecular weight is 293 g/mol. The van der Waals surface area contributed by atoms with Crippen molar-refractivity contribution in [2.75, 3.05) is 20.2 Å². The van der Waals surface area contributed by atoms with Crippen LogP contribution in [0.2, 0.25) is 0 Å². The van der Waals surface area contributed by atoms with Crippen LogP contribution in [0.4, 0.5) is 0 Å². The Labute approximate surface area is 122 Å². The third-order valence-corrected chi connectivity index (χ3v) is 3.93. The van der Waals surface area contributed by atoms with E-state index in [1.54, 1.807) is 24.1 Å². The summed E-state index contributed by atoms with van der Waals surface area (Å²) in [6.45, 7) is 2.33. The number of carbonyl (C=O) groups excluding carboxylic acids is 1. The van der Waals surface area contributed by atoms with Crippen LogP contribution in [0.5, 0.6) is 5.75 Å². The van der Waals surface area contributed by atoms with E-state index in [-0.39, 0.29) is 31.8 Å². The molecular formula is C15H19NO5. The van der Waals surface area contributed by atoms with Gasteiger partial charge in [-0.2, -0.15) is 0 Å². The quantitative estimate of drug-likeness (QED) is 0.870. The fourth-order valence-corrected chi connectivity index (χ4v) is 2.43. The molecule has 1 aliphatic rings. The van der Waals surface area contributed by atoms with Crippen molar-refractivity contribution in [2.45, 2.75) is 25.4 Å². The lowest BCUT2D eigenvalue weighted by Gasteiger charge is -2.35. The standard InChI is InChI=1S/C15H19NO5/c1-10-3-4-11(9-12(10)21-2)13(17)16-7-5-15(20,6-8-16)14(18)19/h3-4,9,20H,5-8H2,1-2H3,(H,18,19). The predicted molar refractivity (Wildman–Crippen MR) is 75.5 cm³/mol. The average Bonchev–Trinajstić information content (AvgIpc) is 2.47. The van der Waals surface area contributed by atoms with Gasteiger partial charge in [0.1, 0.15) is 5.75 Å². The van der Waals surface area contributed by atoms with E-state index in [0.29, 0.717) is 11.3 Å². The van der Waals surface area contributed by atoms with E-state index in [4.69, 9.17) is 9.84 Å². The summed E-state index contributed by atoms with van der Waals surface area (Å²) in [5.74, 6) is -0.771. The van der Waals surface area contributed by atoms with Crippen LogP contribution in [0.25, 0.3) is 0 Å². The van der Waals surface area contributed by atoms with Gasteiger partial charge in [0, 0.05) is 31.5 Å². The number of amides is 1. The van der Waals surface area contributed by atoms with Gasteiger partial charge in [-0.3, -0.25) is 4.79 Å². The largest absolute Gasteiger partial charge is 0.496 e. The Morgan fingerprint density at radius 3 is 2.43 bits per heavy atom. The minimum atomic E-state index is -1.72. The summed E-state index contributed by atoms with van der Waals surface area (Å²) in [6, 6.07) is 5.21. The number of carboxylic acid groups (broad SMARTS) is 1. The molecule has 6 nitrogen and oxygen atoms in total. The van der Waals surface area contributed by atoms with Crippen molar-refractivity contribution in [3.05, 3.63) is 29.3 Å². The van der Waals surface area contributed by atoms with Gasteiger partial charge < -0.3 is 19.8 Å². The Hall–Kier alpha value is -2.08. The second-order valence-electron chi connectivity index (χ2n) is 5.31. The minimum Gasteiger partial charge on any atom is -0.496 e. The molecule has 0 saturated carbocycles. The van der Waals surface area contributed by atoms with E-state index < -0.39 is 11.6 Å². The molecular weight excluding hydrogens is 274 g/mol. The predicted octanol–water partition coefficient (Wildman–Crippen LogP) is 1.06. The first-order chi connectivity index (χ1) is 9.87. The lowest BCUT2D eigenvalue weighted by atomic mass is 9.91. The van der Waals surface area contributed by atoms with Crippen molar-refractivity contribution in [1.29, 1.82) is 0 Å². The number of aliphatic carboxylic acids is 1. The van der Waals surface area contributed by atoms with Gasteiger partial charge in [-0.15, -0.1) is 0 Å². The van der Waals surface area contributed by atoms with Crippen molar-refractivity contribution >= 4 is 11.9 Å². The summed E-state index contributed by atoms with van der Waals surface area (Å²) in [7, 11) is 1.55. The highest BCUT2D eigenvalue weighted by Gasteiger charge is 2.40. The van der Waals surface area contributed by atoms with Crippen molar-refractivity contribution in [2.24, 2.45) is 0 Å². The number of carboxylic acids is 1. The molecule has 0 aromatic heterocycles. The molecule has 1 aliphatic heterocycles. The Balaban J connectivity index is 2.10. The Morgan fingerprint density at radius 2 is 1.90 bits per heavy atom. The number of nitrogens with zero attached hydrogens (tertiary/aromatic N) is 1. The zero-order chi connectivity index (χ0) is 15.6. The van der Waals surface area contributed by atoms with Crippen LogP contribution in [0.1, 0.15) is 28.8 Å². The fraction of sp³-hybridized carbons (Fsp3) is 0.467. The first-order valence-electron chi connectivity index (χ1n) is 6.77. The van der Waals surface area contributed by atoms with Crippen LogP contribution in [0, 0.1) is 6.92 Å². The lowest BCUT2D eigenvalue weighted by Crippen LogP contribution is -2.50. The number of carbonyl (C=O) groups is 2. The van der Waals surface area contributed by atoms with E-state index in [1.165, 1.54) is 0 Å². The van der Waals surface area contributed by atoms with Gasteiger partial charge in [-0.05, 0) is 24.6 Å². The van der Waals surface area contributed by atoms with Gasteiger partial charge in [-0.25, -0.2) is 4.79 Å². The second kappa shape index (κ2) is 5.73. The monoisotopic (exact) mass is 293 g/mol. The van der Waals surface area contributed by atoms with Crippen LogP contribution in [0.3, 0.4) is 0 Å². The summed E-state index contributed by atoms with van der Waals surface area (Å²) < 4.78 is 5.20. The van der Waals surface area contributed by atoms with Gasteiger partial charge >= 0.3 is 5.97 Å². The molecule has 1 aromatic rings. The van der Waals surface area contributed by atoms with Gasteiger partial charge in [0.15, 0.2) is 5.60 Å². The molecule has 2 N–H and O–H groups in total. The minimum absolute atomic E-state index is 0.0388. The number of hydrogen-bond acceptors (Lipinski definition) is 4. The number of ether oxygens (including phenoxy) is 1. The van der Waals surface area contributed by atoms with Crippen LogP contribution in [-0.4, -0.2) is 52.8 Å². The summed E-state index contributed by atoms with van der Waals surface area (Å²) >= 11 is 0. The SMILES string of the molecule is COc1cc(C(=O)N2CCC(O)(C(=O)O)CC2)ccc1C. The zero-order valence-electron chi connectivity index (χ0n) is 12.1. The van der Waals surface area contributed by atoms with E-state index in [2.05, 4.69) is 0 Å². The molecule has 6 heteroatoms. The van der Waals surface area contributed by atoms with Crippen LogP contribution < -0.4 is 4.74 Å². The number of aliphatic hydroxyl groups is 1. The van der Waals surface area contributed by atoms with Crippen molar-refractivity contribution in [1.82, 2.24) is 4.90 Å². The molecule has 114 valence electrons. The number of aryl methyl sites for hydroxylation is 1. The molecule has 2 rings (SSSR count). The molecule has 0 bridgehead atoms. The summed E-state index contributed by atoms with van der Waals surface area (Å²) in [6.07, 6.45) is 0.0775. The Bertz CT molecular complexity index is 561. The smallest absolute Gasteiger partial charge is 0.335 e. The molecule has 0 aliphatic carbocycles. The maximum absolute atomic E-state index is 12.4. The molecule has 0 radical (unpaired) electrons. The third kappa shape index (κ3) is 3.00. The van der Waals surface area contributed by atoms with Crippen molar-refractivity contribution in [3.63, 3.8) is 0 Å². The number of methoxy groups -OCH3 is 1. The maximum Gasteiger partial charge on any atom is 0.335 e. The van der Waals surface area contributed by atoms with E-state index in [9.17, 15) is 14.7 Å². The zero-order valence-corrected chi connectivity index (χ0v) is 12.1. The number of benzene rings is 1. The van der Waals surface area contributed by atoms with E-state index >= 15 is 0 Å². The Kier molecular flexibility index (Phi) is 4.18. The summed E-state index contributed by atoms with van der Waals surface area (Å²) in [5, 5.41) is 18.8. The topological polar surface area (TPSA) is 87.1 Å². The molecule has 1 saturated heterocycles. The van der Waals surface area contributed by atoms with Crippen LogP contribution >= 0.6 is 0 Å². The highest BCUT2D eigenvalue weighted by molar-refractivity contribution is 5.95. The summed E-state index contributed by atoms with van der Waals surface area (Å²) in [4.78, 5) is 24.9. The first kappa shape index (κ1) is 15.3. The maximum atomic E-state index is 12.4. The highest BCUT2D eigenvalue weighted by Crippen LogP contribution is 2.25. The molecule has 1 fully saturated rings. The second-order valence-corrected chi connectivity index (χ2v) is 5.31. The lowest BCUT2D eigenvalue weighted by molar-refractivity contribution is -0.162. The van der Waals surface area contributed by atoms with E-state index in [1.807, 2.05) is 13.0 Å². The van der Waals surface area contributed by atoms with Gasteiger partial charge in [0.05, 0.1) is 7.11 Å². The molecule has 1 heterocycles. The molecule has 1 aromatic carbocycles. The molecule has 0 atom stereocenters. The Morgan fingerprint density at radius 1 is 1.29 bits per heavy atom. The van der Waals surface area contributed by atoms with Gasteiger partial charge in [0.2, 0.25) is 0 Å². The number of likely N-dealkylation sites (tertiary alicyclic amines) is 1. The van der Waals surface area contributed by atoms with Crippen molar-refractivity contribution in [3.8, 4) is 5.75 Å². The number of piperidine rings is 1. The number of rotatable bonds is 3. The fourth-order valence-electron chi connectivity index (χ4n) is 2.43. The normalized spacial score (nSPS) is 17.4. The molecule has 1 amide bonds. The van der Waals surface area contributed by atoms with E-state index in [0.717, 1.165) is 5.56 Å². The van der Waals surface area contributed by atoms with Crippen LogP contribution in [0.15, 0.2) is 18.2 Å².